The highest BCUT2D eigenvalue weighted by molar-refractivity contribution is 9.10. The van der Waals surface area contributed by atoms with Crippen LogP contribution in [0.2, 0.25) is 10.0 Å². The lowest BCUT2D eigenvalue weighted by Gasteiger charge is -2.14. The first-order chi connectivity index (χ1) is 14.5. The normalized spacial score (nSPS) is 13.9. The average Bonchev–Trinajstić information content (AvgIpc) is 3.03. The van der Waals surface area contributed by atoms with E-state index in [1.807, 2.05) is 48.5 Å². The molecule has 1 N–H and O–H groups in total. The number of rotatable bonds is 5. The summed E-state index contributed by atoms with van der Waals surface area (Å²) in [6.45, 7) is 0.251. The van der Waals surface area contributed by atoms with Crippen molar-refractivity contribution in [1.29, 1.82) is 0 Å². The molecule has 0 atom stereocenters. The Labute approximate surface area is 192 Å². The van der Waals surface area contributed by atoms with Gasteiger partial charge >= 0.3 is 0 Å². The molecular formula is C23H16BrCl2NO3. The molecule has 3 aromatic rings. The van der Waals surface area contributed by atoms with Gasteiger partial charge in [0.25, 0.3) is 5.91 Å². The highest BCUT2D eigenvalue weighted by atomic mass is 79.9. The molecule has 1 aliphatic heterocycles. The van der Waals surface area contributed by atoms with Crippen LogP contribution < -0.4 is 14.8 Å². The van der Waals surface area contributed by atoms with E-state index in [1.54, 1.807) is 19.2 Å². The predicted octanol–water partition coefficient (Wildman–Crippen LogP) is 6.84. The van der Waals surface area contributed by atoms with Crippen molar-refractivity contribution in [3.05, 3.63) is 85.8 Å². The van der Waals surface area contributed by atoms with Crippen molar-refractivity contribution in [2.75, 3.05) is 12.4 Å². The highest BCUT2D eigenvalue weighted by Gasteiger charge is 2.23. The van der Waals surface area contributed by atoms with Crippen LogP contribution in [0.1, 0.15) is 16.7 Å². The van der Waals surface area contributed by atoms with E-state index in [0.29, 0.717) is 31.6 Å². The number of anilines is 1. The summed E-state index contributed by atoms with van der Waals surface area (Å²) in [4.78, 5) is 12.4. The summed E-state index contributed by atoms with van der Waals surface area (Å²) >= 11 is 15.7. The molecule has 0 radical (unpaired) electrons. The Morgan fingerprint density at radius 2 is 1.90 bits per heavy atom. The fourth-order valence-corrected chi connectivity index (χ4v) is 4.24. The lowest BCUT2D eigenvalue weighted by atomic mass is 10.0. The summed E-state index contributed by atoms with van der Waals surface area (Å²) < 4.78 is 12.2. The van der Waals surface area contributed by atoms with Crippen LogP contribution in [0.4, 0.5) is 5.69 Å². The minimum Gasteiger partial charge on any atom is -0.493 e. The first-order valence-electron chi connectivity index (χ1n) is 9.03. The van der Waals surface area contributed by atoms with E-state index in [4.69, 9.17) is 32.7 Å². The first-order valence-corrected chi connectivity index (χ1v) is 10.6. The molecule has 7 heteroatoms. The van der Waals surface area contributed by atoms with Crippen LogP contribution in [0.25, 0.3) is 11.6 Å². The Kier molecular flexibility index (Phi) is 6.04. The summed E-state index contributed by atoms with van der Waals surface area (Å²) in [5.41, 5.74) is 3.88. The fraction of sp³-hybridized carbons (Fsp3) is 0.0870. The molecule has 0 fully saturated rings. The molecule has 0 unspecified atom stereocenters. The van der Waals surface area contributed by atoms with E-state index in [0.717, 1.165) is 22.4 Å². The molecule has 0 aromatic heterocycles. The number of para-hydroxylation sites is 1. The molecule has 0 spiro atoms. The quantitative estimate of drug-likeness (QED) is 0.387. The number of amides is 1. The number of carbonyl (C=O) groups is 1. The van der Waals surface area contributed by atoms with Gasteiger partial charge in [-0.15, -0.1) is 0 Å². The van der Waals surface area contributed by atoms with Gasteiger partial charge in [-0.1, -0.05) is 47.5 Å². The van der Waals surface area contributed by atoms with E-state index in [-0.39, 0.29) is 12.5 Å². The van der Waals surface area contributed by atoms with Crippen molar-refractivity contribution in [3.63, 3.8) is 0 Å². The van der Waals surface area contributed by atoms with Gasteiger partial charge in [0.05, 0.1) is 11.6 Å². The van der Waals surface area contributed by atoms with Gasteiger partial charge in [-0.25, -0.2) is 0 Å². The molecule has 0 saturated heterocycles. The van der Waals surface area contributed by atoms with E-state index >= 15 is 0 Å². The molecule has 152 valence electrons. The van der Waals surface area contributed by atoms with Crippen molar-refractivity contribution in [2.45, 2.75) is 6.61 Å². The van der Waals surface area contributed by atoms with Crippen LogP contribution in [0.3, 0.4) is 0 Å². The maximum atomic E-state index is 12.4. The second-order valence-corrected chi connectivity index (χ2v) is 8.31. The number of halogens is 3. The number of hydrogen-bond donors (Lipinski definition) is 1. The maximum Gasteiger partial charge on any atom is 0.256 e. The molecule has 30 heavy (non-hydrogen) atoms. The second-order valence-electron chi connectivity index (χ2n) is 6.62. The Morgan fingerprint density at radius 3 is 2.67 bits per heavy atom. The summed E-state index contributed by atoms with van der Waals surface area (Å²) in [7, 11) is 1.57. The molecule has 0 aliphatic carbocycles. The van der Waals surface area contributed by atoms with Gasteiger partial charge in [-0.2, -0.15) is 0 Å². The van der Waals surface area contributed by atoms with Gasteiger partial charge in [0.15, 0.2) is 11.5 Å². The standard InChI is InChI=1S/C23H16BrCl2NO3/c1-29-21-10-13(8-17-16-4-2-3-5-20(16)27-23(17)28)9-18(24)22(21)30-12-14-6-7-15(25)11-19(14)26/h2-11H,12H2,1H3,(H,27,28)/b17-8-. The van der Waals surface area contributed by atoms with Gasteiger partial charge in [-0.05, 0) is 57.9 Å². The molecule has 1 aliphatic rings. The number of benzene rings is 3. The number of nitrogens with one attached hydrogen (secondary N) is 1. The Balaban J connectivity index is 1.64. The summed E-state index contributed by atoms with van der Waals surface area (Å²) in [6.07, 6.45) is 1.83. The fourth-order valence-electron chi connectivity index (χ4n) is 3.20. The van der Waals surface area contributed by atoms with Crippen molar-refractivity contribution >= 4 is 62.4 Å². The maximum absolute atomic E-state index is 12.4. The number of ether oxygens (including phenoxy) is 2. The monoisotopic (exact) mass is 503 g/mol. The smallest absolute Gasteiger partial charge is 0.256 e. The topological polar surface area (TPSA) is 47.6 Å². The minimum atomic E-state index is -0.135. The Morgan fingerprint density at radius 1 is 1.10 bits per heavy atom. The molecule has 1 heterocycles. The highest BCUT2D eigenvalue weighted by Crippen LogP contribution is 2.40. The molecule has 1 amide bonds. The van der Waals surface area contributed by atoms with Gasteiger partial charge in [-0.3, -0.25) is 4.79 Å². The zero-order valence-electron chi connectivity index (χ0n) is 15.8. The third kappa shape index (κ3) is 4.19. The van der Waals surface area contributed by atoms with E-state index in [9.17, 15) is 4.79 Å². The van der Waals surface area contributed by atoms with Crippen LogP contribution in [0.15, 0.2) is 59.1 Å². The van der Waals surface area contributed by atoms with Gasteiger partial charge in [0.2, 0.25) is 0 Å². The summed E-state index contributed by atoms with van der Waals surface area (Å²) in [6, 6.07) is 16.5. The van der Waals surface area contributed by atoms with E-state index in [2.05, 4.69) is 21.2 Å². The minimum absolute atomic E-state index is 0.135. The SMILES string of the molecule is COc1cc(/C=C2\C(=O)Nc3ccccc32)cc(Br)c1OCc1ccc(Cl)cc1Cl. The zero-order valence-corrected chi connectivity index (χ0v) is 18.9. The van der Waals surface area contributed by atoms with Crippen molar-refractivity contribution in [2.24, 2.45) is 0 Å². The van der Waals surface area contributed by atoms with Gasteiger partial charge in [0, 0.05) is 32.4 Å². The molecular weight excluding hydrogens is 489 g/mol. The number of hydrogen-bond acceptors (Lipinski definition) is 3. The third-order valence-electron chi connectivity index (χ3n) is 4.66. The summed E-state index contributed by atoms with van der Waals surface area (Å²) in [5.74, 6) is 0.943. The first kappa shape index (κ1) is 20.8. The van der Waals surface area contributed by atoms with Crippen LogP contribution in [-0.2, 0) is 11.4 Å². The lowest BCUT2D eigenvalue weighted by Crippen LogP contribution is -2.03. The molecule has 0 bridgehead atoms. The van der Waals surface area contributed by atoms with Crippen LogP contribution in [0, 0.1) is 0 Å². The van der Waals surface area contributed by atoms with Crippen molar-refractivity contribution in [3.8, 4) is 11.5 Å². The average molecular weight is 505 g/mol. The summed E-state index contributed by atoms with van der Waals surface area (Å²) in [5, 5.41) is 3.97. The van der Waals surface area contributed by atoms with Gasteiger partial charge < -0.3 is 14.8 Å². The third-order valence-corrected chi connectivity index (χ3v) is 5.84. The molecule has 3 aromatic carbocycles. The largest absolute Gasteiger partial charge is 0.493 e. The van der Waals surface area contributed by atoms with E-state index < -0.39 is 0 Å². The predicted molar refractivity (Wildman–Crippen MR) is 124 cm³/mol. The lowest BCUT2D eigenvalue weighted by molar-refractivity contribution is -0.110. The van der Waals surface area contributed by atoms with Crippen molar-refractivity contribution < 1.29 is 14.3 Å². The van der Waals surface area contributed by atoms with Crippen molar-refractivity contribution in [1.82, 2.24) is 0 Å². The van der Waals surface area contributed by atoms with Crippen LogP contribution >= 0.6 is 39.1 Å². The molecule has 0 saturated carbocycles. The Bertz CT molecular complexity index is 1180. The molecule has 4 rings (SSSR count). The molecule has 4 nitrogen and oxygen atoms in total. The van der Waals surface area contributed by atoms with Gasteiger partial charge in [0.1, 0.15) is 6.61 Å². The van der Waals surface area contributed by atoms with Crippen LogP contribution in [-0.4, -0.2) is 13.0 Å². The van der Waals surface area contributed by atoms with Crippen LogP contribution in [0.5, 0.6) is 11.5 Å². The number of carbonyl (C=O) groups excluding carboxylic acids is 1. The Hall–Kier alpha value is -2.47. The second kappa shape index (κ2) is 8.72. The van der Waals surface area contributed by atoms with E-state index in [1.165, 1.54) is 0 Å². The zero-order chi connectivity index (χ0) is 21.3. The number of fused-ring (bicyclic) bond motifs is 1. The number of methoxy groups -OCH3 is 1.